The number of carbonyl (C=O) groups is 2. The summed E-state index contributed by atoms with van der Waals surface area (Å²) in [6.07, 6.45) is 1.62. The normalized spacial score (nSPS) is 25.4. The van der Waals surface area contributed by atoms with Crippen molar-refractivity contribution in [3.8, 4) is 0 Å². The van der Waals surface area contributed by atoms with Crippen LogP contribution in [-0.2, 0) is 19.4 Å². The second-order valence-corrected chi connectivity index (χ2v) is 7.41. The van der Waals surface area contributed by atoms with Crippen molar-refractivity contribution in [2.45, 2.75) is 44.2 Å². The molecule has 7 heteroatoms. The first-order valence-corrected chi connectivity index (χ1v) is 7.84. The van der Waals surface area contributed by atoms with Gasteiger partial charge >= 0.3 is 5.97 Å². The minimum Gasteiger partial charge on any atom is -0.479 e. The van der Waals surface area contributed by atoms with Crippen molar-refractivity contribution in [3.63, 3.8) is 0 Å². The lowest BCUT2D eigenvalue weighted by atomic mass is 9.89. The first-order valence-electron chi connectivity index (χ1n) is 6.02. The fourth-order valence-corrected chi connectivity index (χ4v) is 4.18. The average molecular weight is 275 g/mol. The Morgan fingerprint density at radius 1 is 1.22 bits per heavy atom. The summed E-state index contributed by atoms with van der Waals surface area (Å²) >= 11 is 0. The van der Waals surface area contributed by atoms with Crippen LogP contribution in [0.15, 0.2) is 0 Å². The molecule has 1 aliphatic heterocycles. The zero-order valence-electron chi connectivity index (χ0n) is 10.3. The molecule has 0 atom stereocenters. The van der Waals surface area contributed by atoms with E-state index in [0.717, 1.165) is 12.8 Å². The molecule has 0 spiro atoms. The Hall–Kier alpha value is -1.11. The molecule has 1 aliphatic carbocycles. The Morgan fingerprint density at radius 3 is 2.06 bits per heavy atom. The molecule has 18 heavy (non-hydrogen) atoms. The molecular weight excluding hydrogens is 258 g/mol. The van der Waals surface area contributed by atoms with Gasteiger partial charge in [-0.3, -0.25) is 4.79 Å². The van der Waals surface area contributed by atoms with Crippen LogP contribution in [0.4, 0.5) is 0 Å². The first kappa shape index (κ1) is 13.3. The maximum atomic E-state index is 11.7. The molecule has 2 aliphatic rings. The van der Waals surface area contributed by atoms with E-state index in [2.05, 4.69) is 0 Å². The SMILES string of the molecule is CC(=O)N(C1CC1)C1(C(=O)O)CCS(=O)(=O)CC1. The molecule has 2 rings (SSSR count). The van der Waals surface area contributed by atoms with Crippen molar-refractivity contribution in [2.75, 3.05) is 11.5 Å². The van der Waals surface area contributed by atoms with Crippen LogP contribution < -0.4 is 0 Å². The average Bonchev–Trinajstić information content (AvgIpc) is 3.04. The van der Waals surface area contributed by atoms with Crippen molar-refractivity contribution >= 4 is 21.7 Å². The van der Waals surface area contributed by atoms with Gasteiger partial charge in [-0.1, -0.05) is 0 Å². The van der Waals surface area contributed by atoms with Crippen LogP contribution in [0.2, 0.25) is 0 Å². The molecule has 0 bridgehead atoms. The monoisotopic (exact) mass is 275 g/mol. The first-order chi connectivity index (χ1) is 8.28. The number of amides is 1. The maximum absolute atomic E-state index is 11.7. The van der Waals surface area contributed by atoms with Gasteiger partial charge in [-0.25, -0.2) is 13.2 Å². The van der Waals surface area contributed by atoms with Crippen LogP contribution in [0.1, 0.15) is 32.6 Å². The van der Waals surface area contributed by atoms with Crippen LogP contribution in [0, 0.1) is 0 Å². The Balaban J connectivity index is 2.32. The van der Waals surface area contributed by atoms with E-state index in [0.29, 0.717) is 0 Å². The van der Waals surface area contributed by atoms with Crippen LogP contribution in [-0.4, -0.2) is 53.4 Å². The highest BCUT2D eigenvalue weighted by atomic mass is 32.2. The highest BCUT2D eigenvalue weighted by Crippen LogP contribution is 2.39. The molecule has 0 radical (unpaired) electrons. The van der Waals surface area contributed by atoms with E-state index in [9.17, 15) is 23.1 Å². The molecule has 6 nitrogen and oxygen atoms in total. The van der Waals surface area contributed by atoms with E-state index in [1.54, 1.807) is 0 Å². The predicted octanol–water partition coefficient (Wildman–Crippen LogP) is 0.0293. The van der Waals surface area contributed by atoms with E-state index < -0.39 is 21.3 Å². The van der Waals surface area contributed by atoms with Gasteiger partial charge in [0.05, 0.1) is 11.5 Å². The third kappa shape index (κ3) is 2.23. The highest BCUT2D eigenvalue weighted by Gasteiger charge is 2.53. The molecule has 1 amide bonds. The molecule has 2 fully saturated rings. The van der Waals surface area contributed by atoms with Gasteiger partial charge < -0.3 is 10.0 Å². The van der Waals surface area contributed by atoms with Gasteiger partial charge in [-0.15, -0.1) is 0 Å². The Bertz CT molecular complexity index is 466. The van der Waals surface area contributed by atoms with Crippen molar-refractivity contribution in [3.05, 3.63) is 0 Å². The van der Waals surface area contributed by atoms with Crippen molar-refractivity contribution in [2.24, 2.45) is 0 Å². The molecule has 1 N–H and O–H groups in total. The summed E-state index contributed by atoms with van der Waals surface area (Å²) in [5.74, 6) is -1.68. The number of hydrogen-bond donors (Lipinski definition) is 1. The zero-order chi connectivity index (χ0) is 13.6. The Morgan fingerprint density at radius 2 is 1.72 bits per heavy atom. The molecule has 1 saturated carbocycles. The molecule has 0 unspecified atom stereocenters. The standard InChI is InChI=1S/C11H17NO5S/c1-8(13)12(9-2-3-9)11(10(14)15)4-6-18(16,17)7-5-11/h9H,2-7H2,1H3,(H,14,15). The fraction of sp³-hybridized carbons (Fsp3) is 0.818. The van der Waals surface area contributed by atoms with Crippen molar-refractivity contribution in [1.82, 2.24) is 4.90 Å². The largest absolute Gasteiger partial charge is 0.479 e. The number of aliphatic carboxylic acids is 1. The number of rotatable bonds is 3. The van der Waals surface area contributed by atoms with Crippen LogP contribution in [0.5, 0.6) is 0 Å². The second-order valence-electron chi connectivity index (χ2n) is 5.11. The number of hydrogen-bond acceptors (Lipinski definition) is 4. The molecule has 1 heterocycles. The van der Waals surface area contributed by atoms with Crippen LogP contribution in [0.3, 0.4) is 0 Å². The van der Waals surface area contributed by atoms with Crippen molar-refractivity contribution in [1.29, 1.82) is 0 Å². The highest BCUT2D eigenvalue weighted by molar-refractivity contribution is 7.91. The third-order valence-corrected chi connectivity index (χ3v) is 5.42. The van der Waals surface area contributed by atoms with E-state index in [1.807, 2.05) is 0 Å². The summed E-state index contributed by atoms with van der Waals surface area (Å²) in [4.78, 5) is 24.7. The number of nitrogens with zero attached hydrogens (tertiary/aromatic N) is 1. The van der Waals surface area contributed by atoms with Crippen molar-refractivity contribution < 1.29 is 23.1 Å². The minimum atomic E-state index is -3.15. The lowest BCUT2D eigenvalue weighted by Crippen LogP contribution is -2.60. The number of sulfone groups is 1. The van der Waals surface area contributed by atoms with E-state index in [-0.39, 0.29) is 36.3 Å². The summed E-state index contributed by atoms with van der Waals surface area (Å²) in [7, 11) is -3.15. The second kappa shape index (κ2) is 4.22. The van der Waals surface area contributed by atoms with E-state index in [1.165, 1.54) is 11.8 Å². The molecule has 1 saturated heterocycles. The molecular formula is C11H17NO5S. The van der Waals surface area contributed by atoms with E-state index in [4.69, 9.17) is 0 Å². The Labute approximate surface area is 106 Å². The van der Waals surface area contributed by atoms with Gasteiger partial charge in [-0.05, 0) is 25.7 Å². The summed E-state index contributed by atoms with van der Waals surface area (Å²) in [6, 6.07) is -0.0283. The minimum absolute atomic E-state index is 0.000741. The lowest BCUT2D eigenvalue weighted by molar-refractivity contribution is -0.160. The lowest BCUT2D eigenvalue weighted by Gasteiger charge is -2.42. The third-order valence-electron chi connectivity index (χ3n) is 3.76. The molecule has 0 aromatic carbocycles. The van der Waals surface area contributed by atoms with Gasteiger partial charge in [0.15, 0.2) is 9.84 Å². The summed E-state index contributed by atoms with van der Waals surface area (Å²) in [5, 5.41) is 9.47. The van der Waals surface area contributed by atoms with Gasteiger partial charge in [0.1, 0.15) is 5.54 Å². The quantitative estimate of drug-likeness (QED) is 0.784. The Kier molecular flexibility index (Phi) is 3.12. The molecule has 102 valence electrons. The zero-order valence-corrected chi connectivity index (χ0v) is 11.1. The van der Waals surface area contributed by atoms with Gasteiger partial charge in [0, 0.05) is 13.0 Å². The molecule has 0 aromatic rings. The van der Waals surface area contributed by atoms with Gasteiger partial charge in [0.2, 0.25) is 5.91 Å². The summed E-state index contributed by atoms with van der Waals surface area (Å²) < 4.78 is 22.9. The number of carbonyl (C=O) groups excluding carboxylic acids is 1. The topological polar surface area (TPSA) is 91.8 Å². The van der Waals surface area contributed by atoms with Gasteiger partial charge in [-0.2, -0.15) is 0 Å². The predicted molar refractivity (Wildman–Crippen MR) is 63.8 cm³/mol. The van der Waals surface area contributed by atoms with Gasteiger partial charge in [0.25, 0.3) is 0 Å². The van der Waals surface area contributed by atoms with Crippen LogP contribution in [0.25, 0.3) is 0 Å². The van der Waals surface area contributed by atoms with E-state index >= 15 is 0 Å². The number of carboxylic acids is 1. The maximum Gasteiger partial charge on any atom is 0.329 e. The summed E-state index contributed by atoms with van der Waals surface area (Å²) in [5.41, 5.74) is -1.32. The number of carboxylic acid groups (broad SMARTS) is 1. The van der Waals surface area contributed by atoms with Crippen LogP contribution >= 0.6 is 0 Å². The summed E-state index contributed by atoms with van der Waals surface area (Å²) in [6.45, 7) is 1.35. The molecule has 0 aromatic heterocycles. The smallest absolute Gasteiger partial charge is 0.329 e. The fourth-order valence-electron chi connectivity index (χ4n) is 2.67.